The summed E-state index contributed by atoms with van der Waals surface area (Å²) in [5, 5.41) is 15.9. The van der Waals surface area contributed by atoms with Crippen LogP contribution in [0.25, 0.3) is 18.5 Å². The third-order valence-corrected chi connectivity index (χ3v) is 3.88. The van der Waals surface area contributed by atoms with Gasteiger partial charge in [0.25, 0.3) is 5.56 Å². The lowest BCUT2D eigenvalue weighted by atomic mass is 10.1. The minimum Gasteiger partial charge on any atom is -0.478 e. The molecule has 1 aromatic heterocycles. The quantitative estimate of drug-likeness (QED) is 0.673. The molecule has 0 radical (unpaired) electrons. The molecule has 0 fully saturated rings. The summed E-state index contributed by atoms with van der Waals surface area (Å²) in [6.45, 7) is 5.72. The average Bonchev–Trinajstić information content (AvgIpc) is 2.89. The Kier molecular flexibility index (Phi) is 4.26. The lowest BCUT2D eigenvalue weighted by Crippen LogP contribution is -2.34. The first-order valence-corrected chi connectivity index (χ1v) is 7.63. The highest BCUT2D eigenvalue weighted by Crippen LogP contribution is 2.16. The van der Waals surface area contributed by atoms with Gasteiger partial charge in [-0.2, -0.15) is 0 Å². The molecular formula is C19H17N3O3. The molecule has 3 aromatic rings. The van der Waals surface area contributed by atoms with Gasteiger partial charge in [0, 0.05) is 11.9 Å². The number of carbonyl (C=O) groups is 1. The number of rotatable bonds is 4. The number of anilines is 1. The predicted molar refractivity (Wildman–Crippen MR) is 97.4 cm³/mol. The van der Waals surface area contributed by atoms with E-state index in [2.05, 4.69) is 17.0 Å². The molecule has 6 nitrogen and oxygen atoms in total. The maximum absolute atomic E-state index is 12.6. The number of para-hydroxylation sites is 1. The van der Waals surface area contributed by atoms with E-state index in [1.807, 2.05) is 37.3 Å². The Morgan fingerprint density at radius 1 is 1.24 bits per heavy atom. The molecule has 0 unspecified atom stereocenters. The summed E-state index contributed by atoms with van der Waals surface area (Å²) < 4.78 is 1.41. The average molecular weight is 335 g/mol. The number of aryl methyl sites for hydroxylation is 1. The molecule has 2 aromatic carbocycles. The number of hydrogen-bond donors (Lipinski definition) is 3. The maximum Gasteiger partial charge on any atom is 0.335 e. The van der Waals surface area contributed by atoms with E-state index >= 15 is 0 Å². The van der Waals surface area contributed by atoms with Crippen LogP contribution in [0.1, 0.15) is 15.9 Å². The van der Waals surface area contributed by atoms with E-state index < -0.39 is 5.97 Å². The van der Waals surface area contributed by atoms with Gasteiger partial charge >= 0.3 is 5.97 Å². The van der Waals surface area contributed by atoms with Gasteiger partial charge in [-0.05, 0) is 36.8 Å². The van der Waals surface area contributed by atoms with Crippen LogP contribution in [0.15, 0.2) is 53.3 Å². The summed E-state index contributed by atoms with van der Waals surface area (Å²) in [5.74, 6) is -1.01. The molecule has 0 amide bonds. The monoisotopic (exact) mass is 335 g/mol. The van der Waals surface area contributed by atoms with Gasteiger partial charge < -0.3 is 10.4 Å². The van der Waals surface area contributed by atoms with Gasteiger partial charge in [-0.25, -0.2) is 9.48 Å². The van der Waals surface area contributed by atoms with Crippen LogP contribution in [-0.4, -0.2) is 20.9 Å². The van der Waals surface area contributed by atoms with Crippen LogP contribution in [0.2, 0.25) is 0 Å². The van der Waals surface area contributed by atoms with Crippen LogP contribution in [-0.2, 0) is 0 Å². The van der Waals surface area contributed by atoms with Crippen molar-refractivity contribution in [1.29, 1.82) is 0 Å². The fourth-order valence-corrected chi connectivity index (χ4v) is 2.46. The van der Waals surface area contributed by atoms with Crippen molar-refractivity contribution in [2.75, 3.05) is 5.32 Å². The van der Waals surface area contributed by atoms with E-state index in [9.17, 15) is 9.59 Å². The molecule has 0 atom stereocenters. The van der Waals surface area contributed by atoms with Crippen molar-refractivity contribution >= 4 is 24.4 Å². The topological polar surface area (TPSA) is 87.1 Å². The number of hydrogen-bond acceptors (Lipinski definition) is 3. The molecule has 1 heterocycles. The molecule has 0 aliphatic carbocycles. The van der Waals surface area contributed by atoms with Crippen molar-refractivity contribution in [2.24, 2.45) is 0 Å². The Bertz CT molecular complexity index is 1100. The van der Waals surface area contributed by atoms with E-state index in [-0.39, 0.29) is 11.1 Å². The number of benzene rings is 2. The van der Waals surface area contributed by atoms with Crippen LogP contribution in [0.5, 0.6) is 0 Å². The second-order valence-corrected chi connectivity index (χ2v) is 5.60. The Morgan fingerprint density at radius 2 is 1.96 bits per heavy atom. The number of carboxylic acids is 1. The number of aromatic nitrogens is 2. The number of nitrogens with zero attached hydrogens (tertiary/aromatic N) is 1. The summed E-state index contributed by atoms with van der Waals surface area (Å²) >= 11 is 0. The van der Waals surface area contributed by atoms with Crippen LogP contribution < -0.4 is 21.4 Å². The van der Waals surface area contributed by atoms with Gasteiger partial charge in [0.05, 0.1) is 21.8 Å². The van der Waals surface area contributed by atoms with E-state index in [1.54, 1.807) is 6.07 Å². The molecule has 0 saturated heterocycles. The summed E-state index contributed by atoms with van der Waals surface area (Å²) in [6.07, 6.45) is 1.54. The van der Waals surface area contributed by atoms with E-state index in [0.29, 0.717) is 21.9 Å². The third-order valence-electron chi connectivity index (χ3n) is 3.88. The zero-order valence-electron chi connectivity index (χ0n) is 13.6. The molecule has 126 valence electrons. The van der Waals surface area contributed by atoms with Crippen molar-refractivity contribution in [3.63, 3.8) is 0 Å². The predicted octanol–water partition coefficient (Wildman–Crippen LogP) is 1.43. The second-order valence-electron chi connectivity index (χ2n) is 5.60. The molecule has 0 saturated carbocycles. The zero-order chi connectivity index (χ0) is 18.0. The van der Waals surface area contributed by atoms with Gasteiger partial charge in [-0.1, -0.05) is 30.8 Å². The van der Waals surface area contributed by atoms with Gasteiger partial charge in [0.1, 0.15) is 0 Å². The lowest BCUT2D eigenvalue weighted by Gasteiger charge is -2.06. The van der Waals surface area contributed by atoms with Gasteiger partial charge in [-0.15, -0.1) is 0 Å². The van der Waals surface area contributed by atoms with Crippen LogP contribution in [0.3, 0.4) is 0 Å². The zero-order valence-corrected chi connectivity index (χ0v) is 13.6. The summed E-state index contributed by atoms with van der Waals surface area (Å²) in [7, 11) is 0. The summed E-state index contributed by atoms with van der Waals surface area (Å²) in [4.78, 5) is 23.7. The van der Waals surface area contributed by atoms with Gasteiger partial charge in [0.15, 0.2) is 0 Å². The second kappa shape index (κ2) is 6.52. The maximum atomic E-state index is 12.6. The number of aromatic amines is 1. The summed E-state index contributed by atoms with van der Waals surface area (Å²) in [6, 6.07) is 14.0. The Hall–Kier alpha value is -3.54. The van der Waals surface area contributed by atoms with Crippen molar-refractivity contribution in [1.82, 2.24) is 9.78 Å². The normalized spacial score (nSPS) is 11.5. The van der Waals surface area contributed by atoms with Crippen LogP contribution >= 0.6 is 0 Å². The number of carboxylic acid groups (broad SMARTS) is 1. The Labute approximate surface area is 143 Å². The molecule has 3 rings (SSSR count). The largest absolute Gasteiger partial charge is 0.478 e. The van der Waals surface area contributed by atoms with Crippen LogP contribution in [0.4, 0.5) is 5.69 Å². The minimum atomic E-state index is -1.01. The van der Waals surface area contributed by atoms with Crippen LogP contribution in [0, 0.1) is 6.92 Å². The van der Waals surface area contributed by atoms with Crippen molar-refractivity contribution < 1.29 is 9.90 Å². The minimum absolute atomic E-state index is 0.173. The first-order valence-electron chi connectivity index (χ1n) is 7.63. The smallest absolute Gasteiger partial charge is 0.335 e. The molecule has 25 heavy (non-hydrogen) atoms. The molecule has 0 spiro atoms. The molecule has 0 aliphatic heterocycles. The van der Waals surface area contributed by atoms with E-state index in [0.717, 1.165) is 5.56 Å². The highest BCUT2D eigenvalue weighted by atomic mass is 16.4. The number of nitrogens with one attached hydrogen (secondary N) is 2. The highest BCUT2D eigenvalue weighted by molar-refractivity contribution is 5.89. The molecular weight excluding hydrogens is 318 g/mol. The first-order chi connectivity index (χ1) is 12.0. The van der Waals surface area contributed by atoms with Gasteiger partial charge in [0.2, 0.25) is 0 Å². The van der Waals surface area contributed by atoms with Gasteiger partial charge in [-0.3, -0.25) is 9.89 Å². The van der Waals surface area contributed by atoms with E-state index in [1.165, 1.54) is 23.0 Å². The lowest BCUT2D eigenvalue weighted by molar-refractivity contribution is 0.0697. The van der Waals surface area contributed by atoms with Crippen molar-refractivity contribution in [3.05, 3.63) is 80.6 Å². The SMILES string of the molecule is C=c1[nH]n(-c2ccccc2)c(=O)/c1=C\Nc1cc(C(=O)O)ccc1C. The highest BCUT2D eigenvalue weighted by Gasteiger charge is 2.07. The van der Waals surface area contributed by atoms with E-state index in [4.69, 9.17) is 5.11 Å². The molecule has 3 N–H and O–H groups in total. The Morgan fingerprint density at radius 3 is 2.64 bits per heavy atom. The number of aromatic carboxylic acids is 1. The fourth-order valence-electron chi connectivity index (χ4n) is 2.46. The molecule has 0 aliphatic rings. The third kappa shape index (κ3) is 3.23. The molecule has 0 bridgehead atoms. The first kappa shape index (κ1) is 16.3. The molecule has 6 heteroatoms. The number of H-pyrrole nitrogens is 1. The standard InChI is InChI=1S/C19H17N3O3/c1-12-8-9-14(19(24)25)10-17(12)20-11-16-13(2)21-22(18(16)23)15-6-4-3-5-7-15/h3-11,20-21H,2H2,1H3,(H,24,25)/b16-11-. The van der Waals surface area contributed by atoms with Crippen molar-refractivity contribution in [2.45, 2.75) is 6.92 Å². The van der Waals surface area contributed by atoms with Crippen molar-refractivity contribution in [3.8, 4) is 5.69 Å². The summed E-state index contributed by atoms with van der Waals surface area (Å²) in [5.41, 5.74) is 2.13. The Balaban J connectivity index is 2.03. The fraction of sp³-hybridized carbons (Fsp3) is 0.0526.